The van der Waals surface area contributed by atoms with Gasteiger partial charge < -0.3 is 9.47 Å². The fraction of sp³-hybridized carbons (Fsp3) is 0.692. The van der Waals surface area contributed by atoms with Crippen LogP contribution in [-0.4, -0.2) is 57.1 Å². The highest BCUT2D eigenvalue weighted by atomic mass is 19.4. The van der Waals surface area contributed by atoms with Crippen LogP contribution in [0.1, 0.15) is 6.42 Å². The summed E-state index contributed by atoms with van der Waals surface area (Å²) >= 11 is 0. The van der Waals surface area contributed by atoms with Gasteiger partial charge in [0.15, 0.2) is 0 Å². The maximum Gasteiger partial charge on any atom is 0.412 e. The van der Waals surface area contributed by atoms with E-state index in [1.165, 1.54) is 13.2 Å². The lowest BCUT2D eigenvalue weighted by Crippen LogP contribution is -2.44. The maximum absolute atomic E-state index is 12.9. The van der Waals surface area contributed by atoms with Gasteiger partial charge in [-0.15, -0.1) is 0 Å². The summed E-state index contributed by atoms with van der Waals surface area (Å²) in [6.07, 6.45) is -1.17. The van der Waals surface area contributed by atoms with Crippen LogP contribution in [0.3, 0.4) is 0 Å². The first-order valence-electron chi connectivity index (χ1n) is 6.30. The molecule has 1 saturated heterocycles. The molecule has 0 bridgehead atoms. The van der Waals surface area contributed by atoms with Crippen molar-refractivity contribution < 1.29 is 22.6 Å². The summed E-state index contributed by atoms with van der Waals surface area (Å²) < 4.78 is 48.9. The smallest absolute Gasteiger partial charge is 0.380 e. The van der Waals surface area contributed by atoms with E-state index in [1.54, 1.807) is 0 Å². The van der Waals surface area contributed by atoms with Gasteiger partial charge in [0, 0.05) is 31.8 Å². The molecule has 0 amide bonds. The van der Waals surface area contributed by atoms with Crippen LogP contribution in [0.15, 0.2) is 23.3 Å². The van der Waals surface area contributed by atoms with Crippen molar-refractivity contribution in [2.75, 3.05) is 40.0 Å². The van der Waals surface area contributed by atoms with Gasteiger partial charge in [0.1, 0.15) is 0 Å². The molecule has 0 aromatic heterocycles. The topological polar surface area (TPSA) is 21.7 Å². The molecule has 1 aliphatic heterocycles. The van der Waals surface area contributed by atoms with Crippen molar-refractivity contribution in [2.24, 2.45) is 0 Å². The average molecular weight is 277 g/mol. The molecule has 0 N–H and O–H groups in total. The normalized spacial score (nSPS) is 26.0. The van der Waals surface area contributed by atoms with Crippen molar-refractivity contribution in [3.8, 4) is 0 Å². The van der Waals surface area contributed by atoms with Crippen molar-refractivity contribution >= 4 is 0 Å². The number of nitrogens with zero attached hydrogens (tertiary/aromatic N) is 1. The molecule has 1 heterocycles. The summed E-state index contributed by atoms with van der Waals surface area (Å²) in [4.78, 5) is 2.04. The molecule has 1 atom stereocenters. The Kier molecular flexibility index (Phi) is 4.65. The number of hydrogen-bond donors (Lipinski definition) is 0. The number of rotatable bonds is 3. The fourth-order valence-electron chi connectivity index (χ4n) is 2.46. The zero-order valence-corrected chi connectivity index (χ0v) is 10.9. The minimum absolute atomic E-state index is 0.0106. The van der Waals surface area contributed by atoms with Gasteiger partial charge in [-0.05, 0) is 18.1 Å². The zero-order valence-electron chi connectivity index (χ0n) is 10.9. The number of ether oxygens (including phenoxy) is 2. The number of hydrogen-bond acceptors (Lipinski definition) is 3. The zero-order chi connectivity index (χ0) is 13.9. The van der Waals surface area contributed by atoms with Gasteiger partial charge >= 0.3 is 6.18 Å². The highest BCUT2D eigenvalue weighted by Gasteiger charge is 2.37. The third-order valence-electron chi connectivity index (χ3n) is 3.38. The van der Waals surface area contributed by atoms with Crippen molar-refractivity contribution in [1.29, 1.82) is 0 Å². The largest absolute Gasteiger partial charge is 0.412 e. The van der Waals surface area contributed by atoms with Crippen molar-refractivity contribution in [1.82, 2.24) is 4.90 Å². The summed E-state index contributed by atoms with van der Waals surface area (Å²) in [7, 11) is 1.49. The lowest BCUT2D eigenvalue weighted by Gasteiger charge is -2.35. The Morgan fingerprint density at radius 1 is 1.37 bits per heavy atom. The number of morpholine rings is 1. The summed E-state index contributed by atoms with van der Waals surface area (Å²) in [5, 5.41) is 0. The van der Waals surface area contributed by atoms with E-state index in [9.17, 15) is 13.2 Å². The Bertz CT molecular complexity index is 371. The molecule has 2 rings (SSSR count). The molecule has 3 nitrogen and oxygen atoms in total. The predicted molar refractivity (Wildman–Crippen MR) is 64.9 cm³/mol. The molecular weight excluding hydrogens is 259 g/mol. The Labute approximate surface area is 110 Å². The van der Waals surface area contributed by atoms with Gasteiger partial charge in [0.2, 0.25) is 0 Å². The third kappa shape index (κ3) is 3.81. The van der Waals surface area contributed by atoms with E-state index < -0.39 is 11.7 Å². The Hall–Kier alpha value is -0.850. The Morgan fingerprint density at radius 2 is 2.05 bits per heavy atom. The first-order valence-corrected chi connectivity index (χ1v) is 6.30. The Morgan fingerprint density at radius 3 is 2.63 bits per heavy atom. The van der Waals surface area contributed by atoms with Crippen LogP contribution >= 0.6 is 0 Å². The van der Waals surface area contributed by atoms with E-state index in [-0.39, 0.29) is 19.1 Å². The van der Waals surface area contributed by atoms with E-state index in [4.69, 9.17) is 9.47 Å². The molecule has 2 aliphatic rings. The summed E-state index contributed by atoms with van der Waals surface area (Å²) in [5.41, 5.74) is 0.121. The standard InChI is InChI=1S/C13H18F3NO2/c1-18-9-10-6-11(13(14,15)16)8-12(7-10)17-2-4-19-5-3-17/h6-7,12H,2-5,8-9H2,1H3. The molecule has 19 heavy (non-hydrogen) atoms. The molecule has 0 saturated carbocycles. The number of alkyl halides is 3. The number of methoxy groups -OCH3 is 1. The average Bonchev–Trinajstić information content (AvgIpc) is 2.39. The third-order valence-corrected chi connectivity index (χ3v) is 3.38. The molecule has 0 spiro atoms. The lowest BCUT2D eigenvalue weighted by atomic mass is 9.94. The number of halogens is 3. The van der Waals surface area contributed by atoms with Crippen molar-refractivity contribution in [2.45, 2.75) is 18.6 Å². The first kappa shape index (κ1) is 14.6. The van der Waals surface area contributed by atoms with Crippen LogP contribution in [0.2, 0.25) is 0 Å². The molecule has 0 aromatic carbocycles. The van der Waals surface area contributed by atoms with Crippen molar-refractivity contribution in [3.63, 3.8) is 0 Å². The molecule has 108 valence electrons. The lowest BCUT2D eigenvalue weighted by molar-refractivity contribution is -0.0964. The van der Waals surface area contributed by atoms with Gasteiger partial charge in [0.25, 0.3) is 0 Å². The SMILES string of the molecule is COCC1=CC(N2CCOCC2)CC(C(F)(F)F)=C1. The van der Waals surface area contributed by atoms with Gasteiger partial charge in [0.05, 0.1) is 19.8 Å². The van der Waals surface area contributed by atoms with Crippen LogP contribution in [0.5, 0.6) is 0 Å². The second-order valence-electron chi connectivity index (χ2n) is 4.76. The highest BCUT2D eigenvalue weighted by Crippen LogP contribution is 2.34. The second-order valence-corrected chi connectivity index (χ2v) is 4.76. The summed E-state index contributed by atoms with van der Waals surface area (Å²) in [5.74, 6) is 0. The monoisotopic (exact) mass is 277 g/mol. The fourth-order valence-corrected chi connectivity index (χ4v) is 2.46. The van der Waals surface area contributed by atoms with E-state index in [2.05, 4.69) is 0 Å². The quantitative estimate of drug-likeness (QED) is 0.789. The predicted octanol–water partition coefficient (Wildman–Crippen LogP) is 2.15. The molecule has 0 radical (unpaired) electrons. The first-order chi connectivity index (χ1) is 9.00. The molecule has 6 heteroatoms. The van der Waals surface area contributed by atoms with Crippen LogP contribution in [0, 0.1) is 0 Å². The maximum atomic E-state index is 12.9. The van der Waals surface area contributed by atoms with Crippen LogP contribution < -0.4 is 0 Å². The highest BCUT2D eigenvalue weighted by molar-refractivity contribution is 5.33. The molecule has 1 aliphatic carbocycles. The van der Waals surface area contributed by atoms with Gasteiger partial charge in [-0.1, -0.05) is 6.08 Å². The van der Waals surface area contributed by atoms with E-state index in [0.717, 1.165) is 0 Å². The van der Waals surface area contributed by atoms with Crippen LogP contribution in [0.4, 0.5) is 13.2 Å². The molecule has 1 unspecified atom stereocenters. The van der Waals surface area contributed by atoms with Gasteiger partial charge in [-0.2, -0.15) is 13.2 Å². The second kappa shape index (κ2) is 6.07. The van der Waals surface area contributed by atoms with Crippen molar-refractivity contribution in [3.05, 3.63) is 23.3 Å². The van der Waals surface area contributed by atoms with Gasteiger partial charge in [-0.25, -0.2) is 0 Å². The molecule has 0 aromatic rings. The van der Waals surface area contributed by atoms with E-state index in [0.29, 0.717) is 31.9 Å². The van der Waals surface area contributed by atoms with E-state index >= 15 is 0 Å². The molecule has 1 fully saturated rings. The Balaban J connectivity index is 2.15. The minimum atomic E-state index is -4.27. The van der Waals surface area contributed by atoms with Crippen LogP contribution in [-0.2, 0) is 9.47 Å². The van der Waals surface area contributed by atoms with Crippen LogP contribution in [0.25, 0.3) is 0 Å². The van der Waals surface area contributed by atoms with Gasteiger partial charge in [-0.3, -0.25) is 4.90 Å². The minimum Gasteiger partial charge on any atom is -0.380 e. The summed E-state index contributed by atoms with van der Waals surface area (Å²) in [6, 6.07) is -0.212. The molecular formula is C13H18F3NO2. The van der Waals surface area contributed by atoms with E-state index in [1.807, 2.05) is 11.0 Å². The summed E-state index contributed by atoms with van der Waals surface area (Å²) in [6.45, 7) is 2.71.